The monoisotopic (exact) mass is 240 g/mol. The molecule has 1 atom stereocenters. The number of likely N-dealkylation sites (tertiary alicyclic amines) is 1. The molecule has 1 rings (SSSR count). The predicted molar refractivity (Wildman–Crippen MR) is 50.6 cm³/mol. The van der Waals surface area contributed by atoms with Gasteiger partial charge in [0.25, 0.3) is 0 Å². The van der Waals surface area contributed by atoms with E-state index in [0.717, 1.165) is 4.90 Å². The Balaban J connectivity index is 2.67. The van der Waals surface area contributed by atoms with Crippen LogP contribution >= 0.6 is 0 Å². The van der Waals surface area contributed by atoms with Gasteiger partial charge in [-0.25, -0.2) is 0 Å². The lowest BCUT2D eigenvalue weighted by atomic mass is 9.92. The molecule has 1 amide bonds. The van der Waals surface area contributed by atoms with Crippen LogP contribution < -0.4 is 5.73 Å². The van der Waals surface area contributed by atoms with Crippen molar-refractivity contribution < 1.29 is 22.7 Å². The number of halogens is 3. The molecule has 16 heavy (non-hydrogen) atoms. The van der Waals surface area contributed by atoms with E-state index in [9.17, 15) is 18.0 Å². The van der Waals surface area contributed by atoms with Crippen LogP contribution in [0.5, 0.6) is 0 Å². The first-order valence-corrected chi connectivity index (χ1v) is 4.98. The number of amides is 1. The summed E-state index contributed by atoms with van der Waals surface area (Å²) in [5.41, 5.74) is 3.10. The lowest BCUT2D eigenvalue weighted by Gasteiger charge is -2.50. The van der Waals surface area contributed by atoms with Crippen molar-refractivity contribution in [3.63, 3.8) is 0 Å². The fourth-order valence-corrected chi connectivity index (χ4v) is 1.64. The van der Waals surface area contributed by atoms with Gasteiger partial charge in [-0.2, -0.15) is 13.2 Å². The highest BCUT2D eigenvalue weighted by atomic mass is 19.4. The topological polar surface area (TPSA) is 55.6 Å². The zero-order valence-corrected chi connectivity index (χ0v) is 9.17. The molecule has 0 aromatic rings. The second-order valence-corrected chi connectivity index (χ2v) is 3.91. The van der Waals surface area contributed by atoms with Crippen molar-refractivity contribution in [2.75, 3.05) is 19.7 Å². The maximum Gasteiger partial charge on any atom is 0.420 e. The number of nitrogens with two attached hydrogens (primary N) is 1. The number of rotatable bonds is 3. The number of nitrogens with zero attached hydrogens (tertiary/aromatic N) is 1. The molecule has 2 N–H and O–H groups in total. The highest BCUT2D eigenvalue weighted by molar-refractivity contribution is 5.82. The second-order valence-electron chi connectivity index (χ2n) is 3.91. The maximum absolute atomic E-state index is 12.7. The van der Waals surface area contributed by atoms with Crippen molar-refractivity contribution in [3.8, 4) is 0 Å². The third-order valence-electron chi connectivity index (χ3n) is 2.53. The molecule has 0 saturated carbocycles. The zero-order valence-electron chi connectivity index (χ0n) is 9.17. The first-order chi connectivity index (χ1) is 7.23. The van der Waals surface area contributed by atoms with Crippen molar-refractivity contribution >= 4 is 5.91 Å². The lowest BCUT2D eigenvalue weighted by Crippen LogP contribution is -2.72. The molecule has 1 aliphatic rings. The molecule has 0 aromatic heterocycles. The van der Waals surface area contributed by atoms with E-state index in [1.54, 1.807) is 0 Å². The number of ether oxygens (including phenoxy) is 1. The summed E-state index contributed by atoms with van der Waals surface area (Å²) < 4.78 is 42.8. The molecule has 0 aliphatic carbocycles. The number of alkyl halides is 3. The molecule has 7 heteroatoms. The average Bonchev–Trinajstić information content (AvgIpc) is 2.07. The minimum atomic E-state index is -4.46. The van der Waals surface area contributed by atoms with Crippen molar-refractivity contribution in [3.05, 3.63) is 0 Å². The first-order valence-electron chi connectivity index (χ1n) is 4.98. The highest BCUT2D eigenvalue weighted by Crippen LogP contribution is 2.40. The summed E-state index contributed by atoms with van der Waals surface area (Å²) in [6, 6.07) is -0.784. The number of hydrogen-bond acceptors (Lipinski definition) is 3. The van der Waals surface area contributed by atoms with Crippen molar-refractivity contribution in [1.29, 1.82) is 0 Å². The molecule has 0 aromatic carbocycles. The normalized spacial score (nSPS) is 21.5. The van der Waals surface area contributed by atoms with E-state index < -0.39 is 36.8 Å². The number of carbonyl (C=O) groups excluding carboxylic acids is 1. The fourth-order valence-electron chi connectivity index (χ4n) is 1.64. The highest BCUT2D eigenvalue weighted by Gasteiger charge is 2.64. The third kappa shape index (κ3) is 2.15. The summed E-state index contributed by atoms with van der Waals surface area (Å²) in [4.78, 5) is 12.4. The summed E-state index contributed by atoms with van der Waals surface area (Å²) in [7, 11) is 0. The minimum Gasteiger partial charge on any atom is -0.362 e. The van der Waals surface area contributed by atoms with Crippen LogP contribution in [0.1, 0.15) is 13.8 Å². The molecule has 0 radical (unpaired) electrons. The van der Waals surface area contributed by atoms with Crippen LogP contribution in [-0.4, -0.2) is 48.3 Å². The summed E-state index contributed by atoms with van der Waals surface area (Å²) in [6.45, 7) is 1.95. The van der Waals surface area contributed by atoms with Gasteiger partial charge in [0, 0.05) is 6.61 Å². The van der Waals surface area contributed by atoms with Gasteiger partial charge in [0.05, 0.1) is 19.1 Å². The van der Waals surface area contributed by atoms with E-state index in [-0.39, 0.29) is 6.61 Å². The Labute approximate surface area is 91.5 Å². The molecular weight excluding hydrogens is 225 g/mol. The molecule has 4 nitrogen and oxygen atoms in total. The van der Waals surface area contributed by atoms with Crippen LogP contribution in [0.4, 0.5) is 13.2 Å². The Kier molecular flexibility index (Phi) is 3.49. The first kappa shape index (κ1) is 13.2. The Morgan fingerprint density at radius 2 is 2.06 bits per heavy atom. The maximum atomic E-state index is 12.7. The molecule has 0 bridgehead atoms. The van der Waals surface area contributed by atoms with Gasteiger partial charge in [-0.1, -0.05) is 0 Å². The van der Waals surface area contributed by atoms with Gasteiger partial charge in [-0.3, -0.25) is 4.79 Å². The zero-order chi connectivity index (χ0) is 12.6. The summed E-state index contributed by atoms with van der Waals surface area (Å²) in [6.07, 6.45) is -4.46. The Bertz CT molecular complexity index is 272. The smallest absolute Gasteiger partial charge is 0.362 e. The third-order valence-corrected chi connectivity index (χ3v) is 2.53. The van der Waals surface area contributed by atoms with Crippen LogP contribution in [0, 0.1) is 0 Å². The van der Waals surface area contributed by atoms with Gasteiger partial charge in [-0.05, 0) is 13.8 Å². The van der Waals surface area contributed by atoms with Gasteiger partial charge in [0.1, 0.15) is 0 Å². The summed E-state index contributed by atoms with van der Waals surface area (Å²) in [5.74, 6) is -0.487. The molecular formula is C9H15F3N2O2. The molecule has 1 heterocycles. The van der Waals surface area contributed by atoms with Crippen LogP contribution in [0.15, 0.2) is 0 Å². The fraction of sp³-hybridized carbons (Fsp3) is 0.889. The Morgan fingerprint density at radius 3 is 2.38 bits per heavy atom. The van der Waals surface area contributed by atoms with Gasteiger partial charge in [0.2, 0.25) is 5.91 Å². The predicted octanol–water partition coefficient (Wildman–Crippen LogP) is 0.513. The molecule has 1 saturated heterocycles. The summed E-state index contributed by atoms with van der Waals surface area (Å²) >= 11 is 0. The van der Waals surface area contributed by atoms with E-state index in [1.165, 1.54) is 13.8 Å². The van der Waals surface area contributed by atoms with Crippen molar-refractivity contribution in [2.45, 2.75) is 31.7 Å². The van der Waals surface area contributed by atoms with Crippen LogP contribution in [0.2, 0.25) is 0 Å². The largest absolute Gasteiger partial charge is 0.420 e. The quantitative estimate of drug-likeness (QED) is 0.782. The van der Waals surface area contributed by atoms with Gasteiger partial charge in [-0.15, -0.1) is 0 Å². The Hall–Kier alpha value is -0.820. The number of hydrogen-bond donors (Lipinski definition) is 1. The van der Waals surface area contributed by atoms with Gasteiger partial charge < -0.3 is 15.4 Å². The van der Waals surface area contributed by atoms with E-state index in [1.807, 2.05) is 0 Å². The van der Waals surface area contributed by atoms with E-state index in [2.05, 4.69) is 0 Å². The van der Waals surface area contributed by atoms with Crippen molar-refractivity contribution in [1.82, 2.24) is 4.90 Å². The molecule has 94 valence electrons. The van der Waals surface area contributed by atoms with E-state index >= 15 is 0 Å². The van der Waals surface area contributed by atoms with Gasteiger partial charge >= 0.3 is 6.18 Å². The van der Waals surface area contributed by atoms with Crippen LogP contribution in [-0.2, 0) is 9.53 Å². The summed E-state index contributed by atoms with van der Waals surface area (Å²) in [5, 5.41) is 0. The van der Waals surface area contributed by atoms with Crippen LogP contribution in [0.25, 0.3) is 0 Å². The van der Waals surface area contributed by atoms with Crippen LogP contribution in [0.3, 0.4) is 0 Å². The van der Waals surface area contributed by atoms with E-state index in [0.29, 0.717) is 0 Å². The van der Waals surface area contributed by atoms with Gasteiger partial charge in [0.15, 0.2) is 5.60 Å². The van der Waals surface area contributed by atoms with E-state index in [4.69, 9.17) is 10.5 Å². The molecule has 0 unspecified atom stereocenters. The SMILES string of the molecule is CCOC1(C(F)(F)F)CN(C(=O)[C@@H](C)N)C1. The molecule has 1 aliphatic heterocycles. The molecule has 1 fully saturated rings. The lowest BCUT2D eigenvalue weighted by molar-refractivity contribution is -0.313. The second kappa shape index (κ2) is 4.21. The Morgan fingerprint density at radius 1 is 1.56 bits per heavy atom. The van der Waals surface area contributed by atoms with Crippen molar-refractivity contribution in [2.24, 2.45) is 5.73 Å². The minimum absolute atomic E-state index is 0.0419. The molecule has 0 spiro atoms. The average molecular weight is 240 g/mol. The standard InChI is InChI=1S/C9H15F3N2O2/c1-3-16-8(9(10,11)12)4-14(5-8)7(15)6(2)13/h6H,3-5,13H2,1-2H3/t6-/m1/s1. The number of carbonyl (C=O) groups is 1.